The van der Waals surface area contributed by atoms with Crippen molar-refractivity contribution in [2.75, 3.05) is 6.61 Å². The van der Waals surface area contributed by atoms with Gasteiger partial charge in [-0.05, 0) is 43.5 Å². The highest BCUT2D eigenvalue weighted by Gasteiger charge is 2.33. The highest BCUT2D eigenvalue weighted by Crippen LogP contribution is 2.34. The lowest BCUT2D eigenvalue weighted by atomic mass is 10.0. The fourth-order valence-corrected chi connectivity index (χ4v) is 6.09. The third-order valence-corrected chi connectivity index (χ3v) is 7.89. The van der Waals surface area contributed by atoms with Crippen LogP contribution in [0.25, 0.3) is 17.4 Å². The number of allylic oxidation sites excluding steroid dienone is 1. The second-order valence-electron chi connectivity index (χ2n) is 7.94. The zero-order valence-corrected chi connectivity index (χ0v) is 21.9. The van der Waals surface area contributed by atoms with Crippen LogP contribution in [0.1, 0.15) is 30.5 Å². The molecule has 1 aliphatic rings. The third kappa shape index (κ3) is 4.57. The maximum Gasteiger partial charge on any atom is 0.338 e. The summed E-state index contributed by atoms with van der Waals surface area (Å²) in [6, 6.07) is 10.4. The number of non-ortho nitro benzene ring substituents is 1. The number of hydrogen-bond donors (Lipinski definition) is 0. The summed E-state index contributed by atoms with van der Waals surface area (Å²) >= 11 is 8.85. The predicted octanol–water partition coefficient (Wildman–Crippen LogP) is 4.68. The second-order valence-corrected chi connectivity index (χ2v) is 10.3. The Labute approximate surface area is 222 Å². The van der Waals surface area contributed by atoms with Crippen LogP contribution in [0.2, 0.25) is 5.02 Å². The Balaban J connectivity index is 1.61. The molecule has 1 aromatic carbocycles. The van der Waals surface area contributed by atoms with Crippen LogP contribution in [0.4, 0.5) is 5.69 Å². The van der Waals surface area contributed by atoms with Crippen LogP contribution in [-0.2, 0) is 9.53 Å². The van der Waals surface area contributed by atoms with Gasteiger partial charge < -0.3 is 9.15 Å². The van der Waals surface area contributed by atoms with Crippen molar-refractivity contribution in [3.05, 3.63) is 105 Å². The Morgan fingerprint density at radius 1 is 1.32 bits per heavy atom. The third-order valence-electron chi connectivity index (χ3n) is 5.66. The minimum Gasteiger partial charge on any atom is -0.463 e. The Morgan fingerprint density at radius 3 is 2.84 bits per heavy atom. The van der Waals surface area contributed by atoms with E-state index in [-0.39, 0.29) is 17.9 Å². The molecule has 0 N–H and O–H groups in total. The standard InChI is InChI=1S/C25H18ClN3O6S2/c1-3-34-24(31)21-13(2)27-25-28(22(21)19-5-4-10-36-19)23(30)20(37-25)12-15-7-9-18(35-15)16-11-14(29(32)33)6-8-17(16)26/h4-12,22H,3H2,1-2H3/b20-12+. The topological polar surface area (TPSA) is 117 Å². The van der Waals surface area contributed by atoms with E-state index in [0.29, 0.717) is 42.7 Å². The van der Waals surface area contributed by atoms with E-state index in [1.807, 2.05) is 17.5 Å². The molecule has 5 rings (SSSR count). The molecule has 0 radical (unpaired) electrons. The number of ether oxygens (including phenoxy) is 1. The molecule has 4 aromatic rings. The van der Waals surface area contributed by atoms with Gasteiger partial charge >= 0.3 is 5.97 Å². The highest BCUT2D eigenvalue weighted by atomic mass is 35.5. The van der Waals surface area contributed by atoms with Gasteiger partial charge in [-0.15, -0.1) is 11.3 Å². The van der Waals surface area contributed by atoms with E-state index >= 15 is 0 Å². The normalized spacial score (nSPS) is 15.4. The maximum absolute atomic E-state index is 13.6. The first-order valence-corrected chi connectivity index (χ1v) is 13.1. The minimum absolute atomic E-state index is 0.119. The zero-order chi connectivity index (χ0) is 26.3. The lowest BCUT2D eigenvalue weighted by molar-refractivity contribution is -0.384. The number of nitro benzene ring substituents is 1. The van der Waals surface area contributed by atoms with Crippen LogP contribution >= 0.6 is 34.3 Å². The zero-order valence-electron chi connectivity index (χ0n) is 19.5. The molecule has 0 fully saturated rings. The predicted molar refractivity (Wildman–Crippen MR) is 141 cm³/mol. The number of nitro groups is 1. The van der Waals surface area contributed by atoms with Gasteiger partial charge in [-0.1, -0.05) is 29.0 Å². The highest BCUT2D eigenvalue weighted by molar-refractivity contribution is 7.10. The Hall–Kier alpha value is -3.80. The average molecular weight is 556 g/mol. The lowest BCUT2D eigenvalue weighted by Gasteiger charge is -2.23. The largest absolute Gasteiger partial charge is 0.463 e. The number of hydrogen-bond acceptors (Lipinski definition) is 9. The summed E-state index contributed by atoms with van der Waals surface area (Å²) in [5.74, 6) is 0.169. The first-order chi connectivity index (χ1) is 17.8. The summed E-state index contributed by atoms with van der Waals surface area (Å²) in [6.45, 7) is 3.65. The Kier molecular flexibility index (Phi) is 6.67. The van der Waals surface area contributed by atoms with E-state index in [0.717, 1.165) is 4.88 Å². The fraction of sp³-hybridized carbons (Fsp3) is 0.160. The van der Waals surface area contributed by atoms with Crippen molar-refractivity contribution < 1.29 is 18.9 Å². The first kappa shape index (κ1) is 24.9. The summed E-state index contributed by atoms with van der Waals surface area (Å²) in [7, 11) is 0. The quantitative estimate of drug-likeness (QED) is 0.194. The molecule has 4 heterocycles. The van der Waals surface area contributed by atoms with Crippen molar-refractivity contribution >= 4 is 52.0 Å². The van der Waals surface area contributed by atoms with Gasteiger partial charge in [0.25, 0.3) is 11.2 Å². The molecule has 0 amide bonds. The number of thiazole rings is 1. The van der Waals surface area contributed by atoms with Gasteiger partial charge in [-0.25, -0.2) is 9.79 Å². The van der Waals surface area contributed by atoms with Crippen molar-refractivity contribution in [3.63, 3.8) is 0 Å². The first-order valence-electron chi connectivity index (χ1n) is 11.1. The number of carbonyl (C=O) groups excluding carboxylic acids is 1. The molecule has 37 heavy (non-hydrogen) atoms. The van der Waals surface area contributed by atoms with Gasteiger partial charge in [0, 0.05) is 28.6 Å². The van der Waals surface area contributed by atoms with Crippen molar-refractivity contribution in [3.8, 4) is 11.3 Å². The monoisotopic (exact) mass is 555 g/mol. The number of aromatic nitrogens is 1. The number of carbonyl (C=O) groups is 1. The van der Waals surface area contributed by atoms with Crippen molar-refractivity contribution in [2.45, 2.75) is 19.9 Å². The summed E-state index contributed by atoms with van der Waals surface area (Å²) in [4.78, 5) is 42.9. The Bertz CT molecular complexity index is 1750. The number of thiophene rings is 1. The molecule has 0 saturated carbocycles. The summed E-state index contributed by atoms with van der Waals surface area (Å²) in [6.07, 6.45) is 1.58. The molecule has 0 bridgehead atoms. The Morgan fingerprint density at radius 2 is 2.14 bits per heavy atom. The molecule has 0 saturated heterocycles. The molecule has 9 nitrogen and oxygen atoms in total. The molecular weight excluding hydrogens is 538 g/mol. The van der Waals surface area contributed by atoms with Crippen LogP contribution in [0.5, 0.6) is 0 Å². The molecule has 1 atom stereocenters. The maximum atomic E-state index is 13.6. The minimum atomic E-state index is -0.659. The van der Waals surface area contributed by atoms with Gasteiger partial charge in [0.05, 0.1) is 32.4 Å². The molecular formula is C25H18ClN3O6S2. The van der Waals surface area contributed by atoms with Crippen molar-refractivity contribution in [1.29, 1.82) is 0 Å². The van der Waals surface area contributed by atoms with E-state index < -0.39 is 16.9 Å². The van der Waals surface area contributed by atoms with Gasteiger partial charge in [0.15, 0.2) is 4.80 Å². The van der Waals surface area contributed by atoms with Gasteiger partial charge in [0.1, 0.15) is 17.6 Å². The lowest BCUT2D eigenvalue weighted by Crippen LogP contribution is -2.39. The number of furan rings is 1. The van der Waals surface area contributed by atoms with E-state index in [4.69, 9.17) is 20.8 Å². The van der Waals surface area contributed by atoms with E-state index in [2.05, 4.69) is 4.99 Å². The van der Waals surface area contributed by atoms with Gasteiger partial charge in [-0.2, -0.15) is 0 Å². The van der Waals surface area contributed by atoms with Crippen molar-refractivity contribution in [2.24, 2.45) is 4.99 Å². The summed E-state index contributed by atoms with van der Waals surface area (Å²) < 4.78 is 13.0. The van der Waals surface area contributed by atoms with Crippen LogP contribution in [-0.4, -0.2) is 22.1 Å². The number of esters is 1. The van der Waals surface area contributed by atoms with Crippen LogP contribution < -0.4 is 14.9 Å². The van der Waals surface area contributed by atoms with Crippen LogP contribution in [0.15, 0.2) is 73.3 Å². The molecule has 0 aliphatic carbocycles. The smallest absolute Gasteiger partial charge is 0.338 e. The summed E-state index contributed by atoms with van der Waals surface area (Å²) in [5.41, 5.74) is 0.730. The van der Waals surface area contributed by atoms with Crippen molar-refractivity contribution in [1.82, 2.24) is 4.57 Å². The number of fused-ring (bicyclic) bond motifs is 1. The molecule has 3 aromatic heterocycles. The fourth-order valence-electron chi connectivity index (χ4n) is 4.03. The molecule has 188 valence electrons. The van der Waals surface area contributed by atoms with Gasteiger partial charge in [0.2, 0.25) is 0 Å². The van der Waals surface area contributed by atoms with Crippen LogP contribution in [0.3, 0.4) is 0 Å². The summed E-state index contributed by atoms with van der Waals surface area (Å²) in [5, 5.41) is 13.3. The number of halogens is 1. The molecule has 12 heteroatoms. The molecule has 1 unspecified atom stereocenters. The van der Waals surface area contributed by atoms with E-state index in [9.17, 15) is 19.7 Å². The van der Waals surface area contributed by atoms with Crippen LogP contribution in [0, 0.1) is 10.1 Å². The molecule has 0 spiro atoms. The van der Waals surface area contributed by atoms with E-state index in [1.54, 1.807) is 32.1 Å². The number of nitrogens with zero attached hydrogens (tertiary/aromatic N) is 3. The SMILES string of the molecule is CCOC(=O)C1=C(C)N=c2s/c(=C/c3ccc(-c4cc([N+](=O)[O-])ccc4Cl)o3)c(=O)n2C1c1cccs1. The number of rotatable bonds is 6. The number of benzene rings is 1. The second kappa shape index (κ2) is 9.92. The van der Waals surface area contributed by atoms with Gasteiger partial charge in [-0.3, -0.25) is 19.5 Å². The van der Waals surface area contributed by atoms with E-state index in [1.165, 1.54) is 45.4 Å². The average Bonchev–Trinajstić information content (AvgIpc) is 3.61. The molecule has 1 aliphatic heterocycles.